The maximum atomic E-state index is 13.1. The zero-order valence-corrected chi connectivity index (χ0v) is 14.7. The Morgan fingerprint density at radius 3 is 2.92 bits per heavy atom. The van der Waals surface area contributed by atoms with Crippen molar-refractivity contribution >= 4 is 23.5 Å². The van der Waals surface area contributed by atoms with Gasteiger partial charge >= 0.3 is 5.97 Å². The van der Waals surface area contributed by atoms with Gasteiger partial charge in [0.15, 0.2) is 5.78 Å². The van der Waals surface area contributed by atoms with Gasteiger partial charge < -0.3 is 19.1 Å². The molecule has 4 heterocycles. The van der Waals surface area contributed by atoms with Crippen LogP contribution in [0, 0.1) is 11.8 Å². The lowest BCUT2D eigenvalue weighted by molar-refractivity contribution is -0.167. The molecule has 4 aliphatic heterocycles. The van der Waals surface area contributed by atoms with E-state index in [4.69, 9.17) is 14.2 Å². The van der Waals surface area contributed by atoms with Crippen LogP contribution in [0.25, 0.3) is 6.08 Å². The molecule has 26 heavy (non-hydrogen) atoms. The molecule has 5 rings (SSSR count). The lowest BCUT2D eigenvalue weighted by Crippen LogP contribution is -2.49. The van der Waals surface area contributed by atoms with Gasteiger partial charge in [-0.2, -0.15) is 0 Å². The third kappa shape index (κ3) is 2.12. The molecule has 0 unspecified atom stereocenters. The first-order chi connectivity index (χ1) is 12.6. The van der Waals surface area contributed by atoms with E-state index in [0.29, 0.717) is 6.61 Å². The minimum Gasteiger partial charge on any atom is -0.461 e. The molecule has 6 nitrogen and oxygen atoms in total. The summed E-state index contributed by atoms with van der Waals surface area (Å²) in [4.78, 5) is 28.1. The van der Waals surface area contributed by atoms with E-state index in [1.54, 1.807) is 0 Å². The zero-order valence-electron chi connectivity index (χ0n) is 14.7. The Labute approximate surface area is 151 Å². The highest BCUT2D eigenvalue weighted by Crippen LogP contribution is 2.50. The topological polar surface area (TPSA) is 65.1 Å². The summed E-state index contributed by atoms with van der Waals surface area (Å²) >= 11 is 0. The minimum atomic E-state index is -0.798. The highest BCUT2D eigenvalue weighted by molar-refractivity contribution is 5.94. The number of carbonyl (C=O) groups excluding carboxylic acids is 2. The number of benzene rings is 1. The van der Waals surface area contributed by atoms with Crippen LogP contribution in [-0.2, 0) is 23.8 Å². The smallest absolute Gasteiger partial charge is 0.329 e. The zero-order chi connectivity index (χ0) is 18.0. The van der Waals surface area contributed by atoms with Gasteiger partial charge in [0.05, 0.1) is 30.8 Å². The molecule has 3 saturated heterocycles. The van der Waals surface area contributed by atoms with Gasteiger partial charge in [0.2, 0.25) is 6.29 Å². The van der Waals surface area contributed by atoms with Crippen molar-refractivity contribution in [2.24, 2.45) is 11.8 Å². The molecule has 0 aliphatic carbocycles. The van der Waals surface area contributed by atoms with Gasteiger partial charge in [-0.3, -0.25) is 4.79 Å². The summed E-state index contributed by atoms with van der Waals surface area (Å²) in [5.41, 5.74) is 2.00. The van der Waals surface area contributed by atoms with Crippen LogP contribution in [0.5, 0.6) is 0 Å². The molecule has 0 aromatic heterocycles. The largest absolute Gasteiger partial charge is 0.461 e. The van der Waals surface area contributed by atoms with Crippen molar-refractivity contribution in [3.63, 3.8) is 0 Å². The predicted octanol–water partition coefficient (Wildman–Crippen LogP) is 1.78. The fraction of sp³-hybridized carbons (Fsp3) is 0.500. The van der Waals surface area contributed by atoms with E-state index in [-0.39, 0.29) is 41.8 Å². The number of Topliss-reactive ketones (excluding diaryl/α,β-unsaturated/α-hetero) is 1. The van der Waals surface area contributed by atoms with Crippen LogP contribution in [0.3, 0.4) is 0 Å². The first kappa shape index (κ1) is 16.0. The van der Waals surface area contributed by atoms with Crippen molar-refractivity contribution in [2.45, 2.75) is 44.4 Å². The van der Waals surface area contributed by atoms with Crippen molar-refractivity contribution in [3.8, 4) is 0 Å². The Morgan fingerprint density at radius 2 is 2.12 bits per heavy atom. The minimum absolute atomic E-state index is 0.0670. The molecule has 6 heteroatoms. The van der Waals surface area contributed by atoms with Crippen molar-refractivity contribution < 1.29 is 23.8 Å². The summed E-state index contributed by atoms with van der Waals surface area (Å²) in [6.07, 6.45) is 2.79. The average Bonchev–Trinajstić information content (AvgIpc) is 3.20. The number of ketones is 1. The molecule has 3 fully saturated rings. The van der Waals surface area contributed by atoms with E-state index in [1.165, 1.54) is 0 Å². The van der Waals surface area contributed by atoms with E-state index >= 15 is 0 Å². The summed E-state index contributed by atoms with van der Waals surface area (Å²) in [5.74, 6) is -0.962. The second-order valence-corrected chi connectivity index (χ2v) is 7.59. The Balaban J connectivity index is 1.64. The number of rotatable bonds is 2. The molecule has 0 N–H and O–H groups in total. The monoisotopic (exact) mass is 355 g/mol. The summed E-state index contributed by atoms with van der Waals surface area (Å²) < 4.78 is 16.9. The number of hydrogen-bond acceptors (Lipinski definition) is 6. The highest BCUT2D eigenvalue weighted by atomic mass is 16.7. The van der Waals surface area contributed by atoms with Crippen LogP contribution >= 0.6 is 0 Å². The summed E-state index contributed by atoms with van der Waals surface area (Å²) in [7, 11) is 0. The standard InChI is InChI=1S/C20H21NO5/c1-10(2)25-19(23)17-16-14-9-24-20(26-14)18(22)15(16)13-8-7-11-5-3-4-6-12(11)21(13)17/h3-8,10,13-17,20H,9H2,1-2H3/t13-,14+,15-,16+,17+,20+/m1/s1. The molecule has 4 aliphatic rings. The SMILES string of the molecule is CC(C)OC(=O)[C@@H]1[C@@H]2[C@H](C(=O)[C@H]3OC[C@@H]2O3)[C@H]2C=Cc3ccccc3N21. The van der Waals surface area contributed by atoms with E-state index in [0.717, 1.165) is 11.3 Å². The lowest BCUT2D eigenvalue weighted by Gasteiger charge is -2.35. The van der Waals surface area contributed by atoms with Crippen molar-refractivity contribution in [3.05, 3.63) is 35.9 Å². The van der Waals surface area contributed by atoms with Crippen molar-refractivity contribution in [2.75, 3.05) is 11.5 Å². The molecule has 0 spiro atoms. The second kappa shape index (κ2) is 5.66. The number of ether oxygens (including phenoxy) is 3. The number of esters is 1. The summed E-state index contributed by atoms with van der Waals surface area (Å²) in [6.45, 7) is 4.02. The van der Waals surface area contributed by atoms with E-state index in [2.05, 4.69) is 4.90 Å². The summed E-state index contributed by atoms with van der Waals surface area (Å²) in [6, 6.07) is 7.20. The maximum Gasteiger partial charge on any atom is 0.329 e. The highest BCUT2D eigenvalue weighted by Gasteiger charge is 2.64. The Bertz CT molecular complexity index is 803. The first-order valence-corrected chi connectivity index (χ1v) is 9.13. The molecule has 0 saturated carbocycles. The van der Waals surface area contributed by atoms with Crippen LogP contribution in [0.1, 0.15) is 19.4 Å². The normalized spacial score (nSPS) is 36.7. The Hall–Kier alpha value is -2.18. The number of nitrogens with zero attached hydrogens (tertiary/aromatic N) is 1. The number of fused-ring (bicyclic) bond motifs is 8. The predicted molar refractivity (Wildman–Crippen MR) is 93.4 cm³/mol. The molecule has 2 bridgehead atoms. The molecule has 0 amide bonds. The van der Waals surface area contributed by atoms with Gasteiger partial charge in [0.25, 0.3) is 0 Å². The third-order valence-electron chi connectivity index (χ3n) is 5.75. The number of anilines is 1. The van der Waals surface area contributed by atoms with E-state index < -0.39 is 12.3 Å². The maximum absolute atomic E-state index is 13.1. The van der Waals surface area contributed by atoms with Crippen LogP contribution in [0.15, 0.2) is 30.3 Å². The van der Waals surface area contributed by atoms with Crippen molar-refractivity contribution in [1.82, 2.24) is 0 Å². The van der Waals surface area contributed by atoms with Gasteiger partial charge in [-0.15, -0.1) is 0 Å². The van der Waals surface area contributed by atoms with E-state index in [1.807, 2.05) is 50.3 Å². The second-order valence-electron chi connectivity index (χ2n) is 7.59. The van der Waals surface area contributed by atoms with Crippen LogP contribution < -0.4 is 4.90 Å². The quantitative estimate of drug-likeness (QED) is 0.754. The Kier molecular flexibility index (Phi) is 3.49. The fourth-order valence-corrected chi connectivity index (χ4v) is 4.85. The first-order valence-electron chi connectivity index (χ1n) is 9.13. The number of hydrogen-bond donors (Lipinski definition) is 0. The molecule has 0 radical (unpaired) electrons. The average molecular weight is 355 g/mol. The summed E-state index contributed by atoms with van der Waals surface area (Å²) in [5, 5.41) is 0. The van der Waals surface area contributed by atoms with Gasteiger partial charge in [-0.1, -0.05) is 30.4 Å². The van der Waals surface area contributed by atoms with Crippen LogP contribution in [0.4, 0.5) is 5.69 Å². The third-order valence-corrected chi connectivity index (χ3v) is 5.75. The van der Waals surface area contributed by atoms with Crippen LogP contribution in [0.2, 0.25) is 0 Å². The molecule has 6 atom stereocenters. The lowest BCUT2D eigenvalue weighted by atomic mass is 9.78. The number of para-hydroxylation sites is 1. The van der Waals surface area contributed by atoms with Crippen molar-refractivity contribution in [1.29, 1.82) is 0 Å². The van der Waals surface area contributed by atoms with Crippen LogP contribution in [-0.4, -0.2) is 48.9 Å². The molecule has 1 aromatic carbocycles. The van der Waals surface area contributed by atoms with Gasteiger partial charge in [-0.25, -0.2) is 4.79 Å². The number of carbonyl (C=O) groups is 2. The molecular weight excluding hydrogens is 334 g/mol. The molecule has 1 aromatic rings. The fourth-order valence-electron chi connectivity index (χ4n) is 4.85. The molecular formula is C20H21NO5. The van der Waals surface area contributed by atoms with Gasteiger partial charge in [0, 0.05) is 11.6 Å². The van der Waals surface area contributed by atoms with Gasteiger partial charge in [0.1, 0.15) is 6.04 Å². The van der Waals surface area contributed by atoms with Gasteiger partial charge in [-0.05, 0) is 25.5 Å². The Morgan fingerprint density at radius 1 is 1.31 bits per heavy atom. The van der Waals surface area contributed by atoms with E-state index in [9.17, 15) is 9.59 Å². The molecule has 136 valence electrons.